The first-order valence-corrected chi connectivity index (χ1v) is 15.4. The van der Waals surface area contributed by atoms with Crippen LogP contribution >= 0.6 is 11.3 Å². The summed E-state index contributed by atoms with van der Waals surface area (Å²) >= 11 is 1.53. The summed E-state index contributed by atoms with van der Waals surface area (Å²) in [6.45, 7) is 5.82. The number of ether oxygens (including phenoxy) is 1. The average Bonchev–Trinajstić information content (AvgIpc) is 3.42. The zero-order chi connectivity index (χ0) is 25.4. The number of aromatic nitrogens is 3. The number of thiazole rings is 1. The Morgan fingerprint density at radius 3 is 2.62 bits per heavy atom. The molecule has 1 saturated carbocycles. The first kappa shape index (κ1) is 24.7. The first-order valence-electron chi connectivity index (χ1n) is 13.1. The number of pyridine rings is 1. The Morgan fingerprint density at radius 2 is 1.86 bits per heavy atom. The summed E-state index contributed by atoms with van der Waals surface area (Å²) in [7, 11) is -3.79. The number of fused-ring (bicyclic) bond motifs is 1. The van der Waals surface area contributed by atoms with Gasteiger partial charge in [-0.05, 0) is 68.7 Å². The molecular formula is C28H32N4O3S2. The van der Waals surface area contributed by atoms with Gasteiger partial charge in [0.15, 0.2) is 5.65 Å². The van der Waals surface area contributed by atoms with Crippen molar-refractivity contribution in [1.82, 2.24) is 18.8 Å². The van der Waals surface area contributed by atoms with Gasteiger partial charge in [-0.2, -0.15) is 0 Å². The third-order valence-corrected chi connectivity index (χ3v) is 10.4. The quantitative estimate of drug-likeness (QED) is 0.337. The molecular weight excluding hydrogens is 504 g/mol. The summed E-state index contributed by atoms with van der Waals surface area (Å²) in [5.74, 6) is 0.427. The molecule has 0 amide bonds. The lowest BCUT2D eigenvalue weighted by Gasteiger charge is -2.36. The van der Waals surface area contributed by atoms with Gasteiger partial charge < -0.3 is 4.74 Å². The lowest BCUT2D eigenvalue weighted by Crippen LogP contribution is -2.39. The topological polar surface area (TPSA) is 77.3 Å². The molecule has 3 aromatic heterocycles. The summed E-state index contributed by atoms with van der Waals surface area (Å²) in [6, 6.07) is 11.3. The van der Waals surface area contributed by atoms with Crippen molar-refractivity contribution in [2.45, 2.75) is 55.9 Å². The molecule has 4 aromatic rings. The molecule has 0 spiro atoms. The van der Waals surface area contributed by atoms with Crippen LogP contribution in [0.3, 0.4) is 0 Å². The van der Waals surface area contributed by atoms with Crippen LogP contribution in [0.1, 0.15) is 49.3 Å². The van der Waals surface area contributed by atoms with Crippen molar-refractivity contribution in [3.05, 3.63) is 65.4 Å². The number of nitrogens with zero attached hydrogens (tertiary/aromatic N) is 4. The molecule has 0 radical (unpaired) electrons. The second-order valence-corrected chi connectivity index (χ2v) is 12.8. The minimum Gasteiger partial charge on any atom is -0.380 e. The molecule has 9 heteroatoms. The fourth-order valence-electron chi connectivity index (χ4n) is 5.76. The van der Waals surface area contributed by atoms with E-state index >= 15 is 0 Å². The Hall–Kier alpha value is -2.59. The molecule has 37 heavy (non-hydrogen) atoms. The van der Waals surface area contributed by atoms with E-state index in [1.54, 1.807) is 30.5 Å². The SMILES string of the molecule is Cc1csc(-c2cn(S(=O)(=O)c3ccccc3)c3ncc(C4CCC(N5CCCOCC5)CC4)cc23)n1. The van der Waals surface area contributed by atoms with Crippen molar-refractivity contribution in [2.24, 2.45) is 0 Å². The average molecular weight is 537 g/mol. The smallest absolute Gasteiger partial charge is 0.269 e. The van der Waals surface area contributed by atoms with Gasteiger partial charge in [-0.15, -0.1) is 11.3 Å². The lowest BCUT2D eigenvalue weighted by molar-refractivity contribution is 0.118. The van der Waals surface area contributed by atoms with Gasteiger partial charge in [0.25, 0.3) is 10.0 Å². The van der Waals surface area contributed by atoms with Gasteiger partial charge in [0, 0.05) is 60.2 Å². The molecule has 1 aliphatic carbocycles. The highest BCUT2D eigenvalue weighted by Gasteiger charge is 2.29. The third-order valence-electron chi connectivity index (χ3n) is 7.72. The highest BCUT2D eigenvalue weighted by molar-refractivity contribution is 7.90. The van der Waals surface area contributed by atoms with Crippen molar-refractivity contribution >= 4 is 32.4 Å². The van der Waals surface area contributed by atoms with Gasteiger partial charge in [0.2, 0.25) is 0 Å². The van der Waals surface area contributed by atoms with Crippen molar-refractivity contribution in [1.29, 1.82) is 0 Å². The zero-order valence-electron chi connectivity index (χ0n) is 21.0. The van der Waals surface area contributed by atoms with Gasteiger partial charge >= 0.3 is 0 Å². The van der Waals surface area contributed by atoms with Crippen LogP contribution in [0.25, 0.3) is 21.6 Å². The largest absolute Gasteiger partial charge is 0.380 e. The highest BCUT2D eigenvalue weighted by atomic mass is 32.2. The molecule has 0 bridgehead atoms. The van der Waals surface area contributed by atoms with E-state index in [1.807, 2.05) is 24.6 Å². The highest BCUT2D eigenvalue weighted by Crippen LogP contribution is 2.39. The standard InChI is InChI=1S/C28H32N4O3S2/c1-20-19-36-28(30-20)26-18-32(37(33,34)24-6-3-2-4-7-24)27-25(26)16-22(17-29-27)21-8-10-23(11-9-21)31-12-5-14-35-15-13-31/h2-4,6-7,16-19,21,23H,5,8-15H2,1H3. The van der Waals surface area contributed by atoms with Crippen molar-refractivity contribution < 1.29 is 13.2 Å². The van der Waals surface area contributed by atoms with Crippen molar-refractivity contribution in [2.75, 3.05) is 26.3 Å². The van der Waals surface area contributed by atoms with Crippen LogP contribution in [0.5, 0.6) is 0 Å². The van der Waals surface area contributed by atoms with E-state index in [1.165, 1.54) is 33.7 Å². The molecule has 1 saturated heterocycles. The van der Waals surface area contributed by atoms with Crippen LogP contribution in [-0.2, 0) is 14.8 Å². The molecule has 0 N–H and O–H groups in total. The van der Waals surface area contributed by atoms with Gasteiger partial charge in [0.1, 0.15) is 5.01 Å². The third kappa shape index (κ3) is 4.85. The molecule has 4 heterocycles. The van der Waals surface area contributed by atoms with Crippen LogP contribution in [0.15, 0.2) is 59.1 Å². The predicted octanol–water partition coefficient (Wildman–Crippen LogP) is 5.45. The van der Waals surface area contributed by atoms with Gasteiger partial charge in [-0.1, -0.05) is 18.2 Å². The van der Waals surface area contributed by atoms with Crippen molar-refractivity contribution in [3.63, 3.8) is 0 Å². The fraction of sp³-hybridized carbons (Fsp3) is 0.429. The summed E-state index contributed by atoms with van der Waals surface area (Å²) in [4.78, 5) is 12.3. The Labute approximate surface area is 222 Å². The molecule has 6 rings (SSSR count). The van der Waals surface area contributed by atoms with Crippen molar-refractivity contribution in [3.8, 4) is 10.6 Å². The van der Waals surface area contributed by atoms with E-state index in [0.717, 1.165) is 67.2 Å². The molecule has 0 atom stereocenters. The maximum Gasteiger partial charge on any atom is 0.269 e. The molecule has 1 aliphatic heterocycles. The summed E-state index contributed by atoms with van der Waals surface area (Å²) < 4.78 is 34.2. The maximum atomic E-state index is 13.6. The van der Waals surface area contributed by atoms with Crippen LogP contribution in [-0.4, -0.2) is 59.6 Å². The number of benzene rings is 1. The van der Waals surface area contributed by atoms with Crippen LogP contribution in [0.2, 0.25) is 0 Å². The van der Waals surface area contributed by atoms with Gasteiger partial charge in [-0.25, -0.2) is 22.4 Å². The second kappa shape index (κ2) is 10.3. The molecule has 0 unspecified atom stereocenters. The fourth-order valence-corrected chi connectivity index (χ4v) is 7.93. The normalized spacial score (nSPS) is 21.8. The van der Waals surface area contributed by atoms with Crippen LogP contribution in [0, 0.1) is 6.92 Å². The molecule has 1 aromatic carbocycles. The van der Waals surface area contributed by atoms with Gasteiger partial charge in [0.05, 0.1) is 11.5 Å². The van der Waals surface area contributed by atoms with E-state index in [4.69, 9.17) is 9.72 Å². The summed E-state index contributed by atoms with van der Waals surface area (Å²) in [5.41, 5.74) is 3.39. The Bertz CT molecular complexity index is 1480. The zero-order valence-corrected chi connectivity index (χ0v) is 22.7. The van der Waals surface area contributed by atoms with E-state index in [2.05, 4.69) is 16.0 Å². The maximum absolute atomic E-state index is 13.6. The molecule has 2 fully saturated rings. The second-order valence-electron chi connectivity index (χ2n) is 10.1. The van der Waals surface area contributed by atoms with Crippen LogP contribution < -0.4 is 0 Å². The predicted molar refractivity (Wildman–Crippen MR) is 147 cm³/mol. The van der Waals surface area contributed by atoms with Gasteiger partial charge in [-0.3, -0.25) is 4.90 Å². The Balaban J connectivity index is 1.34. The number of hydrogen-bond donors (Lipinski definition) is 0. The lowest BCUT2D eigenvalue weighted by atomic mass is 9.81. The number of hydrogen-bond acceptors (Lipinski definition) is 7. The number of aryl methyl sites for hydroxylation is 1. The van der Waals surface area contributed by atoms with E-state index in [9.17, 15) is 8.42 Å². The van der Waals surface area contributed by atoms with E-state index in [0.29, 0.717) is 17.6 Å². The molecule has 7 nitrogen and oxygen atoms in total. The summed E-state index contributed by atoms with van der Waals surface area (Å²) in [5, 5.41) is 3.66. The minimum absolute atomic E-state index is 0.247. The summed E-state index contributed by atoms with van der Waals surface area (Å²) in [6.07, 6.45) is 9.27. The minimum atomic E-state index is -3.79. The van der Waals surface area contributed by atoms with Crippen LogP contribution in [0.4, 0.5) is 0 Å². The Kier molecular flexibility index (Phi) is 6.88. The Morgan fingerprint density at radius 1 is 1.05 bits per heavy atom. The number of rotatable bonds is 5. The molecule has 194 valence electrons. The monoisotopic (exact) mass is 536 g/mol. The van der Waals surface area contributed by atoms with E-state index < -0.39 is 10.0 Å². The van der Waals surface area contributed by atoms with E-state index in [-0.39, 0.29) is 4.90 Å². The molecule has 2 aliphatic rings. The first-order chi connectivity index (χ1) is 18.0.